The molecule has 0 radical (unpaired) electrons. The van der Waals surface area contributed by atoms with Gasteiger partial charge in [-0.25, -0.2) is 0 Å². The van der Waals surface area contributed by atoms with E-state index in [0.29, 0.717) is 4.88 Å². The van der Waals surface area contributed by atoms with Crippen molar-refractivity contribution in [2.24, 2.45) is 0 Å². The fourth-order valence-corrected chi connectivity index (χ4v) is 4.54. The lowest BCUT2D eigenvalue weighted by Crippen LogP contribution is -2.38. The lowest BCUT2D eigenvalue weighted by Gasteiger charge is -2.27. The van der Waals surface area contributed by atoms with Gasteiger partial charge in [0.05, 0.1) is 30.8 Å². The molecule has 0 spiro atoms. The van der Waals surface area contributed by atoms with Crippen LogP contribution >= 0.6 is 11.3 Å². The molecule has 1 fully saturated rings. The smallest absolute Gasteiger partial charge is 0.205 e. The van der Waals surface area contributed by atoms with Gasteiger partial charge in [-0.15, -0.1) is 11.3 Å². The highest BCUT2D eigenvalue weighted by molar-refractivity contribution is 7.12. The van der Waals surface area contributed by atoms with Crippen molar-refractivity contribution in [1.29, 1.82) is 0 Å². The van der Waals surface area contributed by atoms with E-state index in [1.807, 2.05) is 29.6 Å². The Morgan fingerprint density at radius 3 is 2.74 bits per heavy atom. The summed E-state index contributed by atoms with van der Waals surface area (Å²) in [6, 6.07) is 10.0. The van der Waals surface area contributed by atoms with E-state index >= 15 is 0 Å². The Kier molecular flexibility index (Phi) is 5.29. The lowest BCUT2D eigenvalue weighted by molar-refractivity contribution is 0.0365. The number of nitrogens with zero attached hydrogens (tertiary/aromatic N) is 2. The van der Waals surface area contributed by atoms with Crippen molar-refractivity contribution in [3.05, 3.63) is 51.8 Å². The molecule has 0 bridgehead atoms. The SMILES string of the molecule is COc1csc(C(=O)c2c(C)n(CCN3CCOCC3)c3ccccc23)c1. The van der Waals surface area contributed by atoms with Gasteiger partial charge in [0, 0.05) is 54.2 Å². The minimum Gasteiger partial charge on any atom is -0.496 e. The van der Waals surface area contributed by atoms with Crippen molar-refractivity contribution < 1.29 is 14.3 Å². The number of hydrogen-bond donors (Lipinski definition) is 0. The normalized spacial score (nSPS) is 15.3. The summed E-state index contributed by atoms with van der Waals surface area (Å²) < 4.78 is 13.0. The van der Waals surface area contributed by atoms with E-state index in [1.165, 1.54) is 11.3 Å². The fraction of sp³-hybridized carbons (Fsp3) is 0.381. The Morgan fingerprint density at radius 2 is 2.00 bits per heavy atom. The number of carbonyl (C=O) groups excluding carboxylic acids is 1. The van der Waals surface area contributed by atoms with Crippen LogP contribution in [0.25, 0.3) is 10.9 Å². The topological polar surface area (TPSA) is 43.7 Å². The zero-order valence-electron chi connectivity index (χ0n) is 15.7. The molecule has 1 aliphatic heterocycles. The molecule has 2 aromatic heterocycles. The predicted molar refractivity (Wildman–Crippen MR) is 108 cm³/mol. The monoisotopic (exact) mass is 384 g/mol. The summed E-state index contributed by atoms with van der Waals surface area (Å²) in [5.74, 6) is 0.805. The Balaban J connectivity index is 1.68. The van der Waals surface area contributed by atoms with Gasteiger partial charge < -0.3 is 14.0 Å². The number of rotatable bonds is 6. The second-order valence-electron chi connectivity index (χ2n) is 6.76. The predicted octanol–water partition coefficient (Wildman–Crippen LogP) is 3.58. The molecule has 0 amide bonds. The van der Waals surface area contributed by atoms with Crippen molar-refractivity contribution in [3.8, 4) is 5.75 Å². The van der Waals surface area contributed by atoms with Crippen LogP contribution in [-0.4, -0.2) is 55.2 Å². The molecule has 3 heterocycles. The first kappa shape index (κ1) is 18.2. The number of aromatic nitrogens is 1. The van der Waals surface area contributed by atoms with Gasteiger partial charge in [-0.2, -0.15) is 0 Å². The quantitative estimate of drug-likeness (QED) is 0.610. The molecular formula is C21H24N2O3S. The molecule has 1 saturated heterocycles. The third-order valence-corrected chi connectivity index (χ3v) is 6.14. The third-order valence-electron chi connectivity index (χ3n) is 5.24. The minimum atomic E-state index is 0.0714. The summed E-state index contributed by atoms with van der Waals surface area (Å²) in [6.07, 6.45) is 0. The number of para-hydroxylation sites is 1. The molecule has 1 aliphatic rings. The molecule has 4 rings (SSSR count). The zero-order valence-corrected chi connectivity index (χ0v) is 16.6. The summed E-state index contributed by atoms with van der Waals surface area (Å²) in [7, 11) is 1.62. The van der Waals surface area contributed by atoms with Crippen LogP contribution in [0.2, 0.25) is 0 Å². The summed E-state index contributed by atoms with van der Waals surface area (Å²) in [5.41, 5.74) is 2.95. The number of methoxy groups -OCH3 is 1. The van der Waals surface area contributed by atoms with E-state index in [-0.39, 0.29) is 5.78 Å². The molecule has 3 aromatic rings. The van der Waals surface area contributed by atoms with Crippen LogP contribution in [0.3, 0.4) is 0 Å². The van der Waals surface area contributed by atoms with Crippen molar-refractivity contribution in [2.45, 2.75) is 13.5 Å². The second kappa shape index (κ2) is 7.84. The number of ketones is 1. The number of ether oxygens (including phenoxy) is 2. The standard InChI is InChI=1S/C21H24N2O3S/c1-15-20(21(24)19-13-16(25-2)14-27-19)17-5-3-4-6-18(17)23(15)8-7-22-9-11-26-12-10-22/h3-6,13-14H,7-12H2,1-2H3. The number of morpholine rings is 1. The van der Waals surface area contributed by atoms with Crippen molar-refractivity contribution in [3.63, 3.8) is 0 Å². The molecule has 0 atom stereocenters. The first-order valence-electron chi connectivity index (χ1n) is 9.24. The number of carbonyl (C=O) groups is 1. The number of thiophene rings is 1. The summed E-state index contributed by atoms with van der Waals surface area (Å²) in [6.45, 7) is 7.43. The number of hydrogen-bond acceptors (Lipinski definition) is 5. The van der Waals surface area contributed by atoms with Gasteiger partial charge in [0.2, 0.25) is 5.78 Å². The fourth-order valence-electron chi connectivity index (χ4n) is 3.74. The van der Waals surface area contributed by atoms with Crippen LogP contribution in [0.15, 0.2) is 35.7 Å². The van der Waals surface area contributed by atoms with Crippen LogP contribution in [0.4, 0.5) is 0 Å². The van der Waals surface area contributed by atoms with Gasteiger partial charge in [-0.3, -0.25) is 9.69 Å². The highest BCUT2D eigenvalue weighted by Gasteiger charge is 2.22. The van der Waals surface area contributed by atoms with Gasteiger partial charge in [0.15, 0.2) is 0 Å². The van der Waals surface area contributed by atoms with Gasteiger partial charge in [-0.1, -0.05) is 18.2 Å². The zero-order chi connectivity index (χ0) is 18.8. The van der Waals surface area contributed by atoms with Crippen molar-refractivity contribution in [1.82, 2.24) is 9.47 Å². The molecule has 0 N–H and O–H groups in total. The van der Waals surface area contributed by atoms with Gasteiger partial charge in [-0.05, 0) is 13.0 Å². The summed E-state index contributed by atoms with van der Waals surface area (Å²) in [5, 5.41) is 2.90. The Labute approximate surface area is 163 Å². The highest BCUT2D eigenvalue weighted by atomic mass is 32.1. The van der Waals surface area contributed by atoms with E-state index < -0.39 is 0 Å². The van der Waals surface area contributed by atoms with Crippen LogP contribution in [0, 0.1) is 6.92 Å². The van der Waals surface area contributed by atoms with Crippen molar-refractivity contribution in [2.75, 3.05) is 40.0 Å². The summed E-state index contributed by atoms with van der Waals surface area (Å²) in [4.78, 5) is 16.4. The maximum Gasteiger partial charge on any atom is 0.205 e. The van der Waals surface area contributed by atoms with Crippen LogP contribution in [0.1, 0.15) is 20.9 Å². The summed E-state index contributed by atoms with van der Waals surface area (Å²) >= 11 is 1.43. The van der Waals surface area contributed by atoms with E-state index in [1.54, 1.807) is 7.11 Å². The molecule has 27 heavy (non-hydrogen) atoms. The van der Waals surface area contributed by atoms with Crippen LogP contribution < -0.4 is 4.74 Å². The van der Waals surface area contributed by atoms with Crippen LogP contribution in [0.5, 0.6) is 5.75 Å². The Bertz CT molecular complexity index is 954. The average molecular weight is 385 g/mol. The van der Waals surface area contributed by atoms with Crippen LogP contribution in [-0.2, 0) is 11.3 Å². The van der Waals surface area contributed by atoms with Gasteiger partial charge >= 0.3 is 0 Å². The van der Waals surface area contributed by atoms with E-state index in [9.17, 15) is 4.79 Å². The second-order valence-corrected chi connectivity index (χ2v) is 7.67. The Hall–Kier alpha value is -2.15. The minimum absolute atomic E-state index is 0.0714. The largest absolute Gasteiger partial charge is 0.496 e. The highest BCUT2D eigenvalue weighted by Crippen LogP contribution is 2.31. The average Bonchev–Trinajstić information content (AvgIpc) is 3.29. The molecule has 0 unspecified atom stereocenters. The third kappa shape index (κ3) is 3.52. The maximum atomic E-state index is 13.2. The molecule has 142 valence electrons. The first-order chi connectivity index (χ1) is 13.2. The lowest BCUT2D eigenvalue weighted by atomic mass is 10.1. The first-order valence-corrected chi connectivity index (χ1v) is 10.1. The Morgan fingerprint density at radius 1 is 1.22 bits per heavy atom. The molecule has 5 nitrogen and oxygen atoms in total. The molecule has 0 saturated carbocycles. The maximum absolute atomic E-state index is 13.2. The van der Waals surface area contributed by atoms with Gasteiger partial charge in [0.25, 0.3) is 0 Å². The van der Waals surface area contributed by atoms with E-state index in [0.717, 1.165) is 67.3 Å². The number of fused-ring (bicyclic) bond motifs is 1. The van der Waals surface area contributed by atoms with E-state index in [4.69, 9.17) is 9.47 Å². The molecule has 6 heteroatoms. The van der Waals surface area contributed by atoms with E-state index in [2.05, 4.69) is 22.5 Å². The van der Waals surface area contributed by atoms with Gasteiger partial charge in [0.1, 0.15) is 5.75 Å². The number of benzene rings is 1. The molecule has 1 aromatic carbocycles. The molecule has 0 aliphatic carbocycles. The van der Waals surface area contributed by atoms with Crippen molar-refractivity contribution >= 4 is 28.0 Å². The molecular weight excluding hydrogens is 360 g/mol.